The molecule has 1 heterocycles. The molecule has 0 saturated heterocycles. The highest BCUT2D eigenvalue weighted by Gasteiger charge is 2.23. The second kappa shape index (κ2) is 8.30. The van der Waals surface area contributed by atoms with Gasteiger partial charge in [0.25, 0.3) is 5.91 Å². The van der Waals surface area contributed by atoms with Crippen LogP contribution in [0.1, 0.15) is 28.0 Å². The molecule has 2 aromatic rings. The standard InChI is InChI=1S/C19H15BrN2O3S/c20-13-7-4-12(5-8-13)6-9-18(24)25-11-17(23)22-19-15(10-21)14-2-1-3-16(14)26-19/h4-9H,1-3,11H2,(H,22,23)/b9-6+. The van der Waals surface area contributed by atoms with Crippen LogP contribution < -0.4 is 5.32 Å². The number of halogens is 1. The van der Waals surface area contributed by atoms with E-state index in [1.165, 1.54) is 17.4 Å². The average molecular weight is 431 g/mol. The van der Waals surface area contributed by atoms with Crippen molar-refractivity contribution in [3.05, 3.63) is 56.4 Å². The van der Waals surface area contributed by atoms with Crippen LogP contribution in [0.2, 0.25) is 0 Å². The normalized spacial score (nSPS) is 12.6. The quantitative estimate of drug-likeness (QED) is 0.572. The third-order valence-electron chi connectivity index (χ3n) is 3.91. The van der Waals surface area contributed by atoms with E-state index < -0.39 is 18.5 Å². The van der Waals surface area contributed by atoms with Gasteiger partial charge < -0.3 is 10.1 Å². The number of hydrogen-bond acceptors (Lipinski definition) is 5. The molecule has 1 aromatic carbocycles. The van der Waals surface area contributed by atoms with Crippen molar-refractivity contribution < 1.29 is 14.3 Å². The smallest absolute Gasteiger partial charge is 0.331 e. The summed E-state index contributed by atoms with van der Waals surface area (Å²) >= 11 is 4.77. The van der Waals surface area contributed by atoms with Crippen molar-refractivity contribution in [2.24, 2.45) is 0 Å². The van der Waals surface area contributed by atoms with E-state index in [2.05, 4.69) is 27.3 Å². The van der Waals surface area contributed by atoms with Crippen LogP contribution in [0.15, 0.2) is 34.8 Å². The van der Waals surface area contributed by atoms with E-state index in [1.807, 2.05) is 24.3 Å². The monoisotopic (exact) mass is 430 g/mol. The van der Waals surface area contributed by atoms with Crippen LogP contribution in [-0.2, 0) is 27.2 Å². The second-order valence-corrected chi connectivity index (χ2v) is 7.73. The van der Waals surface area contributed by atoms with E-state index in [-0.39, 0.29) is 0 Å². The van der Waals surface area contributed by atoms with Gasteiger partial charge in [-0.25, -0.2) is 4.79 Å². The summed E-state index contributed by atoms with van der Waals surface area (Å²) in [5.74, 6) is -1.05. The van der Waals surface area contributed by atoms with Gasteiger partial charge in [0.05, 0.1) is 5.56 Å². The lowest BCUT2D eigenvalue weighted by Gasteiger charge is -2.04. The number of fused-ring (bicyclic) bond motifs is 1. The van der Waals surface area contributed by atoms with Gasteiger partial charge in [0.15, 0.2) is 6.61 Å². The summed E-state index contributed by atoms with van der Waals surface area (Å²) in [6.07, 6.45) is 5.76. The van der Waals surface area contributed by atoms with E-state index in [1.54, 1.807) is 6.08 Å². The molecule has 1 aliphatic carbocycles. The Labute approximate surface area is 163 Å². The number of carbonyl (C=O) groups excluding carboxylic acids is 2. The highest BCUT2D eigenvalue weighted by Crippen LogP contribution is 2.38. The second-order valence-electron chi connectivity index (χ2n) is 5.71. The van der Waals surface area contributed by atoms with E-state index in [0.717, 1.165) is 39.7 Å². The Morgan fingerprint density at radius 3 is 2.81 bits per heavy atom. The third kappa shape index (κ3) is 4.40. The van der Waals surface area contributed by atoms with Crippen molar-refractivity contribution in [1.29, 1.82) is 5.26 Å². The highest BCUT2D eigenvalue weighted by molar-refractivity contribution is 9.10. The molecule has 0 unspecified atom stereocenters. The Morgan fingerprint density at radius 1 is 1.31 bits per heavy atom. The molecule has 1 aliphatic rings. The van der Waals surface area contributed by atoms with Gasteiger partial charge in [-0.3, -0.25) is 4.79 Å². The van der Waals surface area contributed by atoms with Crippen LogP contribution in [0, 0.1) is 11.3 Å². The van der Waals surface area contributed by atoms with Gasteiger partial charge in [0.1, 0.15) is 11.1 Å². The van der Waals surface area contributed by atoms with Crippen LogP contribution in [0.5, 0.6) is 0 Å². The minimum absolute atomic E-state index is 0.392. The first-order valence-electron chi connectivity index (χ1n) is 8.01. The van der Waals surface area contributed by atoms with E-state index in [9.17, 15) is 14.9 Å². The van der Waals surface area contributed by atoms with Crippen molar-refractivity contribution in [3.8, 4) is 6.07 Å². The number of nitrogens with one attached hydrogen (secondary N) is 1. The SMILES string of the molecule is N#Cc1c(NC(=O)COC(=O)/C=C/c2ccc(Br)cc2)sc2c1CCC2. The number of aryl methyl sites for hydroxylation is 1. The minimum atomic E-state index is -0.600. The largest absolute Gasteiger partial charge is 0.452 e. The first-order chi connectivity index (χ1) is 12.6. The fourth-order valence-electron chi connectivity index (χ4n) is 2.70. The first-order valence-corrected chi connectivity index (χ1v) is 9.62. The van der Waals surface area contributed by atoms with Crippen LogP contribution in [0.4, 0.5) is 5.00 Å². The Hall–Kier alpha value is -2.43. The van der Waals surface area contributed by atoms with Gasteiger partial charge in [0.2, 0.25) is 0 Å². The molecule has 132 valence electrons. The number of thiophene rings is 1. The molecule has 0 aliphatic heterocycles. The molecule has 0 atom stereocenters. The lowest BCUT2D eigenvalue weighted by atomic mass is 10.1. The van der Waals surface area contributed by atoms with Crippen molar-refractivity contribution in [3.63, 3.8) is 0 Å². The molecular formula is C19H15BrN2O3S. The summed E-state index contributed by atoms with van der Waals surface area (Å²) in [7, 11) is 0. The molecule has 26 heavy (non-hydrogen) atoms. The summed E-state index contributed by atoms with van der Waals surface area (Å²) in [5.41, 5.74) is 2.43. The summed E-state index contributed by atoms with van der Waals surface area (Å²) in [6.45, 7) is -0.392. The van der Waals surface area contributed by atoms with Crippen LogP contribution in [0.25, 0.3) is 6.08 Å². The molecule has 0 saturated carbocycles. The topological polar surface area (TPSA) is 79.2 Å². The predicted molar refractivity (Wildman–Crippen MR) is 104 cm³/mol. The van der Waals surface area contributed by atoms with Crippen molar-refractivity contribution in [2.75, 3.05) is 11.9 Å². The molecule has 1 amide bonds. The van der Waals surface area contributed by atoms with E-state index in [4.69, 9.17) is 4.74 Å². The van der Waals surface area contributed by atoms with Crippen LogP contribution in [-0.4, -0.2) is 18.5 Å². The van der Waals surface area contributed by atoms with Gasteiger partial charge in [0, 0.05) is 15.4 Å². The van der Waals surface area contributed by atoms with Crippen molar-refractivity contribution in [2.45, 2.75) is 19.3 Å². The molecule has 0 bridgehead atoms. The van der Waals surface area contributed by atoms with Gasteiger partial charge in [-0.15, -0.1) is 11.3 Å². The molecule has 7 heteroatoms. The predicted octanol–water partition coefficient (Wildman–Crippen LogP) is 4.07. The molecule has 3 rings (SSSR count). The molecule has 0 fully saturated rings. The Kier molecular flexibility index (Phi) is 5.86. The maximum absolute atomic E-state index is 12.0. The first kappa shape index (κ1) is 18.4. The van der Waals surface area contributed by atoms with Crippen molar-refractivity contribution in [1.82, 2.24) is 0 Å². The zero-order valence-corrected chi connectivity index (χ0v) is 16.2. The zero-order valence-electron chi connectivity index (χ0n) is 13.8. The molecule has 1 aromatic heterocycles. The Balaban J connectivity index is 1.52. The molecule has 5 nitrogen and oxygen atoms in total. The third-order valence-corrected chi connectivity index (χ3v) is 5.65. The number of anilines is 1. The summed E-state index contributed by atoms with van der Waals surface area (Å²) in [6, 6.07) is 9.59. The number of amides is 1. The van der Waals surface area contributed by atoms with Gasteiger partial charge in [-0.1, -0.05) is 28.1 Å². The number of nitrogens with zero attached hydrogens (tertiary/aromatic N) is 1. The van der Waals surface area contributed by atoms with Gasteiger partial charge in [-0.05, 0) is 48.6 Å². The number of rotatable bonds is 5. The fourth-order valence-corrected chi connectivity index (χ4v) is 4.22. The molecule has 0 radical (unpaired) electrons. The summed E-state index contributed by atoms with van der Waals surface area (Å²) in [4.78, 5) is 24.9. The van der Waals surface area contributed by atoms with Gasteiger partial charge >= 0.3 is 5.97 Å². The number of ether oxygens (including phenoxy) is 1. The van der Waals surface area contributed by atoms with Crippen LogP contribution in [0.3, 0.4) is 0 Å². The number of nitriles is 1. The van der Waals surface area contributed by atoms with Crippen LogP contribution >= 0.6 is 27.3 Å². The Bertz CT molecular complexity index is 910. The van der Waals surface area contributed by atoms with Gasteiger partial charge in [-0.2, -0.15) is 5.26 Å². The lowest BCUT2D eigenvalue weighted by molar-refractivity contribution is -0.142. The van der Waals surface area contributed by atoms with E-state index in [0.29, 0.717) is 10.6 Å². The maximum Gasteiger partial charge on any atom is 0.331 e. The number of esters is 1. The fraction of sp³-hybridized carbons (Fsp3) is 0.211. The zero-order chi connectivity index (χ0) is 18.5. The minimum Gasteiger partial charge on any atom is -0.452 e. The van der Waals surface area contributed by atoms with Crippen molar-refractivity contribution >= 4 is 50.2 Å². The average Bonchev–Trinajstić information content (AvgIpc) is 3.20. The number of carbonyl (C=O) groups is 2. The molecular weight excluding hydrogens is 416 g/mol. The summed E-state index contributed by atoms with van der Waals surface area (Å²) < 4.78 is 5.90. The number of hydrogen-bond donors (Lipinski definition) is 1. The maximum atomic E-state index is 12.0. The van der Waals surface area contributed by atoms with E-state index >= 15 is 0 Å². The molecule has 0 spiro atoms. The highest BCUT2D eigenvalue weighted by atomic mass is 79.9. The lowest BCUT2D eigenvalue weighted by Crippen LogP contribution is -2.20. The summed E-state index contributed by atoms with van der Waals surface area (Å²) in [5, 5.41) is 12.5. The number of benzene rings is 1. The molecule has 1 N–H and O–H groups in total. The Morgan fingerprint density at radius 2 is 2.08 bits per heavy atom.